The zero-order valence-electron chi connectivity index (χ0n) is 10.8. The minimum absolute atomic E-state index is 0.114. The normalized spacial score (nSPS) is 10.1. The van der Waals surface area contributed by atoms with E-state index >= 15 is 0 Å². The lowest BCUT2D eigenvalue weighted by atomic mass is 10.3. The molecule has 0 saturated carbocycles. The van der Waals surface area contributed by atoms with Crippen molar-refractivity contribution in [3.05, 3.63) is 41.4 Å². The summed E-state index contributed by atoms with van der Waals surface area (Å²) in [6.07, 6.45) is 1.32. The highest BCUT2D eigenvalue weighted by atomic mass is 35.5. The SMILES string of the molecule is O=C(O)CN(C(=O)NCc1ncn[nH]1)c1ccc(Cl)cc1. The molecule has 0 atom stereocenters. The van der Waals surface area contributed by atoms with Gasteiger partial charge in [-0.1, -0.05) is 11.6 Å². The number of nitrogens with zero attached hydrogens (tertiary/aromatic N) is 3. The number of aliphatic carboxylic acids is 1. The average molecular weight is 310 g/mol. The number of nitrogens with one attached hydrogen (secondary N) is 2. The third-order valence-electron chi connectivity index (χ3n) is 2.55. The summed E-state index contributed by atoms with van der Waals surface area (Å²) in [5.41, 5.74) is 0.428. The van der Waals surface area contributed by atoms with Gasteiger partial charge >= 0.3 is 12.0 Å². The summed E-state index contributed by atoms with van der Waals surface area (Å²) in [6, 6.07) is 5.74. The molecule has 110 valence electrons. The van der Waals surface area contributed by atoms with Gasteiger partial charge < -0.3 is 10.4 Å². The van der Waals surface area contributed by atoms with E-state index in [4.69, 9.17) is 16.7 Å². The van der Waals surface area contributed by atoms with E-state index in [1.807, 2.05) is 0 Å². The number of carboxylic acids is 1. The van der Waals surface area contributed by atoms with Crippen LogP contribution in [0.25, 0.3) is 0 Å². The topological polar surface area (TPSA) is 111 Å². The molecule has 0 radical (unpaired) electrons. The van der Waals surface area contributed by atoms with Crippen LogP contribution in [0.1, 0.15) is 5.82 Å². The molecule has 2 amide bonds. The summed E-state index contributed by atoms with van der Waals surface area (Å²) < 4.78 is 0. The van der Waals surface area contributed by atoms with Crippen LogP contribution in [0, 0.1) is 0 Å². The summed E-state index contributed by atoms with van der Waals surface area (Å²) in [5, 5.41) is 18.2. The van der Waals surface area contributed by atoms with Gasteiger partial charge in [-0.2, -0.15) is 5.10 Å². The van der Waals surface area contributed by atoms with E-state index in [2.05, 4.69) is 20.5 Å². The first-order valence-corrected chi connectivity index (χ1v) is 6.31. The smallest absolute Gasteiger partial charge is 0.323 e. The van der Waals surface area contributed by atoms with Crippen LogP contribution in [0.4, 0.5) is 10.5 Å². The lowest BCUT2D eigenvalue weighted by molar-refractivity contribution is -0.135. The van der Waals surface area contributed by atoms with Crippen LogP contribution in [-0.4, -0.2) is 38.8 Å². The van der Waals surface area contributed by atoms with Crippen LogP contribution in [0.3, 0.4) is 0 Å². The minimum Gasteiger partial charge on any atom is -0.480 e. The van der Waals surface area contributed by atoms with Gasteiger partial charge in [0.15, 0.2) is 0 Å². The largest absolute Gasteiger partial charge is 0.480 e. The number of H-pyrrole nitrogens is 1. The Morgan fingerprint density at radius 2 is 2.05 bits per heavy atom. The lowest BCUT2D eigenvalue weighted by Gasteiger charge is -2.21. The predicted octanol–water partition coefficient (Wildman–Crippen LogP) is 1.26. The Morgan fingerprint density at radius 1 is 1.33 bits per heavy atom. The van der Waals surface area contributed by atoms with Crippen LogP contribution >= 0.6 is 11.6 Å². The second-order valence-electron chi connectivity index (χ2n) is 4.05. The number of carbonyl (C=O) groups excluding carboxylic acids is 1. The van der Waals surface area contributed by atoms with Crippen molar-refractivity contribution in [3.8, 4) is 0 Å². The van der Waals surface area contributed by atoms with Crippen molar-refractivity contribution in [2.75, 3.05) is 11.4 Å². The number of amides is 2. The molecule has 3 N–H and O–H groups in total. The van der Waals surface area contributed by atoms with Crippen LogP contribution < -0.4 is 10.2 Å². The van der Waals surface area contributed by atoms with Crippen LogP contribution in [0.5, 0.6) is 0 Å². The number of rotatable bonds is 5. The van der Waals surface area contributed by atoms with Crippen LogP contribution in [0.15, 0.2) is 30.6 Å². The molecule has 0 bridgehead atoms. The Kier molecular flexibility index (Phi) is 4.72. The van der Waals surface area contributed by atoms with E-state index in [9.17, 15) is 9.59 Å². The van der Waals surface area contributed by atoms with E-state index in [0.717, 1.165) is 4.90 Å². The van der Waals surface area contributed by atoms with Gasteiger partial charge in [-0.05, 0) is 24.3 Å². The Balaban J connectivity index is 2.09. The van der Waals surface area contributed by atoms with Gasteiger partial charge in [-0.25, -0.2) is 9.78 Å². The summed E-state index contributed by atoms with van der Waals surface area (Å²) in [5.74, 6) is -0.658. The number of aromatic amines is 1. The molecule has 0 aliphatic carbocycles. The third-order valence-corrected chi connectivity index (χ3v) is 2.80. The lowest BCUT2D eigenvalue weighted by Crippen LogP contribution is -2.42. The van der Waals surface area contributed by atoms with Gasteiger partial charge in [-0.15, -0.1) is 0 Å². The minimum atomic E-state index is -1.13. The molecule has 2 aromatic rings. The predicted molar refractivity (Wildman–Crippen MR) is 75.1 cm³/mol. The van der Waals surface area contributed by atoms with E-state index < -0.39 is 18.5 Å². The monoisotopic (exact) mass is 309 g/mol. The highest BCUT2D eigenvalue weighted by Gasteiger charge is 2.18. The number of benzene rings is 1. The number of hydrogen-bond acceptors (Lipinski definition) is 4. The van der Waals surface area contributed by atoms with Crippen molar-refractivity contribution in [3.63, 3.8) is 0 Å². The Bertz CT molecular complexity index is 614. The number of carbonyl (C=O) groups is 2. The van der Waals surface area contributed by atoms with Gasteiger partial charge in [-0.3, -0.25) is 14.8 Å². The highest BCUT2D eigenvalue weighted by Crippen LogP contribution is 2.18. The number of hydrogen-bond donors (Lipinski definition) is 3. The average Bonchev–Trinajstić information content (AvgIpc) is 2.96. The number of halogens is 1. The molecule has 0 spiro atoms. The quantitative estimate of drug-likeness (QED) is 0.770. The fraction of sp³-hybridized carbons (Fsp3) is 0.167. The summed E-state index contributed by atoms with van der Waals surface area (Å²) in [6.45, 7) is -0.355. The van der Waals surface area contributed by atoms with Gasteiger partial charge in [0.05, 0.1) is 6.54 Å². The van der Waals surface area contributed by atoms with E-state index in [0.29, 0.717) is 16.5 Å². The molecule has 1 aromatic carbocycles. The van der Waals surface area contributed by atoms with Crippen LogP contribution in [-0.2, 0) is 11.3 Å². The van der Waals surface area contributed by atoms with Crippen molar-refractivity contribution in [1.29, 1.82) is 0 Å². The molecule has 0 aliphatic heterocycles. The number of anilines is 1. The summed E-state index contributed by atoms with van der Waals surface area (Å²) in [4.78, 5) is 28.0. The van der Waals surface area contributed by atoms with Crippen molar-refractivity contribution < 1.29 is 14.7 Å². The number of urea groups is 1. The Hall–Kier alpha value is -2.61. The molecular formula is C12H12ClN5O3. The van der Waals surface area contributed by atoms with Crippen molar-refractivity contribution in [2.45, 2.75) is 6.54 Å². The molecular weight excluding hydrogens is 298 g/mol. The van der Waals surface area contributed by atoms with Crippen molar-refractivity contribution in [1.82, 2.24) is 20.5 Å². The molecule has 1 aromatic heterocycles. The molecule has 2 rings (SSSR count). The van der Waals surface area contributed by atoms with Crippen molar-refractivity contribution in [2.24, 2.45) is 0 Å². The van der Waals surface area contributed by atoms with Gasteiger partial charge in [0, 0.05) is 10.7 Å². The Labute approximate surface area is 124 Å². The molecule has 0 saturated heterocycles. The first-order chi connectivity index (χ1) is 10.1. The highest BCUT2D eigenvalue weighted by molar-refractivity contribution is 6.30. The zero-order valence-corrected chi connectivity index (χ0v) is 11.5. The second-order valence-corrected chi connectivity index (χ2v) is 4.48. The number of aromatic nitrogens is 3. The fourth-order valence-electron chi connectivity index (χ4n) is 1.61. The first kappa shape index (κ1) is 14.8. The molecule has 9 heteroatoms. The zero-order chi connectivity index (χ0) is 15.2. The third kappa shape index (κ3) is 4.18. The van der Waals surface area contributed by atoms with Gasteiger partial charge in [0.25, 0.3) is 0 Å². The maximum Gasteiger partial charge on any atom is 0.323 e. The van der Waals surface area contributed by atoms with E-state index in [1.54, 1.807) is 24.3 Å². The Morgan fingerprint density at radius 3 is 2.62 bits per heavy atom. The molecule has 8 nitrogen and oxygen atoms in total. The number of carboxylic acid groups (broad SMARTS) is 1. The molecule has 1 heterocycles. The first-order valence-electron chi connectivity index (χ1n) is 5.93. The fourth-order valence-corrected chi connectivity index (χ4v) is 1.73. The maximum absolute atomic E-state index is 12.1. The van der Waals surface area contributed by atoms with Gasteiger partial charge in [0.2, 0.25) is 0 Å². The second kappa shape index (κ2) is 6.71. The maximum atomic E-state index is 12.1. The standard InChI is InChI=1S/C12H12ClN5O3/c13-8-1-3-9(4-2-8)18(6-11(19)20)12(21)14-5-10-15-7-16-17-10/h1-4,7H,5-6H2,(H,14,21)(H,19,20)(H,15,16,17). The summed E-state index contributed by atoms with van der Waals surface area (Å²) in [7, 11) is 0. The van der Waals surface area contributed by atoms with E-state index in [-0.39, 0.29) is 6.54 Å². The molecule has 21 heavy (non-hydrogen) atoms. The van der Waals surface area contributed by atoms with Crippen molar-refractivity contribution >= 4 is 29.3 Å². The molecule has 0 aliphatic rings. The summed E-state index contributed by atoms with van der Waals surface area (Å²) >= 11 is 5.78. The van der Waals surface area contributed by atoms with Crippen LogP contribution in [0.2, 0.25) is 5.02 Å². The molecule has 0 fully saturated rings. The van der Waals surface area contributed by atoms with Gasteiger partial charge in [0.1, 0.15) is 18.7 Å². The molecule has 0 unspecified atom stereocenters. The van der Waals surface area contributed by atoms with E-state index in [1.165, 1.54) is 6.33 Å².